The predicted octanol–water partition coefficient (Wildman–Crippen LogP) is 2.86. The zero-order chi connectivity index (χ0) is 13.1. The van der Waals surface area contributed by atoms with E-state index in [2.05, 4.69) is 29.2 Å². The molecule has 1 aromatic rings. The van der Waals surface area contributed by atoms with Gasteiger partial charge in [-0.3, -0.25) is 0 Å². The number of nitrogens with zero attached hydrogens (tertiary/aromatic N) is 1. The Morgan fingerprint density at radius 3 is 2.58 bits per heavy atom. The molecule has 104 valence electrons. The number of aliphatic hydroxyl groups is 1. The quantitative estimate of drug-likeness (QED) is 0.899. The molecule has 1 aliphatic carbocycles. The van der Waals surface area contributed by atoms with Gasteiger partial charge in [0.05, 0.1) is 5.60 Å². The lowest BCUT2D eigenvalue weighted by molar-refractivity contribution is -0.00810. The number of hydrogen-bond acceptors (Lipinski definition) is 2. The van der Waals surface area contributed by atoms with Crippen LogP contribution < -0.4 is 0 Å². The van der Waals surface area contributed by atoms with Gasteiger partial charge in [-0.15, -0.1) is 0 Å². The van der Waals surface area contributed by atoms with Crippen molar-refractivity contribution in [2.24, 2.45) is 5.92 Å². The molecule has 19 heavy (non-hydrogen) atoms. The molecule has 3 rings (SSSR count). The van der Waals surface area contributed by atoms with E-state index in [9.17, 15) is 5.11 Å². The van der Waals surface area contributed by atoms with Gasteiger partial charge in [-0.05, 0) is 44.3 Å². The number of hydrogen-bond donors (Lipinski definition) is 1. The summed E-state index contributed by atoms with van der Waals surface area (Å²) >= 11 is 0. The molecule has 0 bridgehead atoms. The molecule has 2 unspecified atom stereocenters. The maximum atomic E-state index is 11.0. The number of likely N-dealkylation sites (tertiary alicyclic amines) is 1. The topological polar surface area (TPSA) is 23.5 Å². The van der Waals surface area contributed by atoms with E-state index in [4.69, 9.17) is 0 Å². The van der Waals surface area contributed by atoms with Gasteiger partial charge in [-0.2, -0.15) is 0 Å². The van der Waals surface area contributed by atoms with Crippen LogP contribution in [0.2, 0.25) is 0 Å². The van der Waals surface area contributed by atoms with Crippen molar-refractivity contribution in [1.82, 2.24) is 4.90 Å². The fourth-order valence-electron chi connectivity index (χ4n) is 3.85. The second-order valence-corrected chi connectivity index (χ2v) is 6.36. The highest BCUT2D eigenvalue weighted by atomic mass is 16.3. The van der Waals surface area contributed by atoms with Gasteiger partial charge in [0.2, 0.25) is 0 Å². The summed E-state index contributed by atoms with van der Waals surface area (Å²) in [6, 6.07) is 10.5. The minimum Gasteiger partial charge on any atom is -0.389 e. The van der Waals surface area contributed by atoms with Gasteiger partial charge in [-0.25, -0.2) is 0 Å². The van der Waals surface area contributed by atoms with Crippen LogP contribution in [0.3, 0.4) is 0 Å². The molecule has 1 saturated carbocycles. The molecule has 2 fully saturated rings. The monoisotopic (exact) mass is 259 g/mol. The summed E-state index contributed by atoms with van der Waals surface area (Å²) < 4.78 is 0. The Hall–Kier alpha value is -0.860. The van der Waals surface area contributed by atoms with Gasteiger partial charge in [0.15, 0.2) is 0 Å². The fraction of sp³-hybridized carbons (Fsp3) is 0.647. The Balaban J connectivity index is 1.66. The normalized spacial score (nSPS) is 31.9. The molecule has 1 aromatic carbocycles. The highest BCUT2D eigenvalue weighted by Crippen LogP contribution is 2.39. The third-order valence-electron chi connectivity index (χ3n) is 4.95. The van der Waals surface area contributed by atoms with E-state index < -0.39 is 5.60 Å². The van der Waals surface area contributed by atoms with Crippen LogP contribution in [-0.4, -0.2) is 35.2 Å². The van der Waals surface area contributed by atoms with Gasteiger partial charge in [0, 0.05) is 18.9 Å². The summed E-state index contributed by atoms with van der Waals surface area (Å²) in [7, 11) is 0. The van der Waals surface area contributed by atoms with Crippen LogP contribution in [0.15, 0.2) is 30.3 Å². The van der Waals surface area contributed by atoms with Crippen molar-refractivity contribution in [2.75, 3.05) is 19.6 Å². The fourth-order valence-corrected chi connectivity index (χ4v) is 3.85. The average molecular weight is 259 g/mol. The SMILES string of the molecule is OC1(Cc2ccccc2)CCCC1CN1CCCC1. The second-order valence-electron chi connectivity index (χ2n) is 6.36. The average Bonchev–Trinajstić information content (AvgIpc) is 3.03. The van der Waals surface area contributed by atoms with Crippen LogP contribution in [0, 0.1) is 5.92 Å². The summed E-state index contributed by atoms with van der Waals surface area (Å²) in [4.78, 5) is 2.55. The number of benzene rings is 1. The Bertz CT molecular complexity index is 399. The van der Waals surface area contributed by atoms with E-state index in [0.717, 1.165) is 19.4 Å². The van der Waals surface area contributed by atoms with Gasteiger partial charge < -0.3 is 10.0 Å². The molecule has 0 spiro atoms. The van der Waals surface area contributed by atoms with Crippen LogP contribution in [0.1, 0.15) is 37.7 Å². The first-order chi connectivity index (χ1) is 9.26. The molecule has 2 heteroatoms. The van der Waals surface area contributed by atoms with Crippen molar-refractivity contribution in [3.05, 3.63) is 35.9 Å². The number of rotatable bonds is 4. The molecular formula is C17H25NO. The summed E-state index contributed by atoms with van der Waals surface area (Å²) in [6.45, 7) is 3.57. The maximum Gasteiger partial charge on any atom is 0.0728 e. The van der Waals surface area contributed by atoms with Crippen LogP contribution in [0.5, 0.6) is 0 Å². The lowest BCUT2D eigenvalue weighted by atomic mass is 9.84. The van der Waals surface area contributed by atoms with E-state index in [1.807, 2.05) is 6.07 Å². The Morgan fingerprint density at radius 1 is 1.11 bits per heavy atom. The minimum atomic E-state index is -0.468. The van der Waals surface area contributed by atoms with E-state index in [0.29, 0.717) is 5.92 Å². The zero-order valence-corrected chi connectivity index (χ0v) is 11.7. The first kappa shape index (κ1) is 13.1. The van der Waals surface area contributed by atoms with E-state index >= 15 is 0 Å². The van der Waals surface area contributed by atoms with Gasteiger partial charge in [0.1, 0.15) is 0 Å². The van der Waals surface area contributed by atoms with Crippen LogP contribution in [0.4, 0.5) is 0 Å². The summed E-state index contributed by atoms with van der Waals surface area (Å²) in [5, 5.41) is 11.0. The lowest BCUT2D eigenvalue weighted by Gasteiger charge is -2.33. The third-order valence-corrected chi connectivity index (χ3v) is 4.95. The van der Waals surface area contributed by atoms with Crippen LogP contribution >= 0.6 is 0 Å². The standard InChI is InChI=1S/C17H25NO/c19-17(13-15-7-2-1-3-8-15)10-6-9-16(17)14-18-11-4-5-12-18/h1-3,7-8,16,19H,4-6,9-14H2. The van der Waals surface area contributed by atoms with Crippen molar-refractivity contribution >= 4 is 0 Å². The van der Waals surface area contributed by atoms with Crippen molar-refractivity contribution in [1.29, 1.82) is 0 Å². The molecule has 0 amide bonds. The first-order valence-electron chi connectivity index (χ1n) is 7.75. The molecular weight excluding hydrogens is 234 g/mol. The molecule has 2 atom stereocenters. The summed E-state index contributed by atoms with van der Waals surface area (Å²) in [6.07, 6.45) is 6.85. The lowest BCUT2D eigenvalue weighted by Crippen LogP contribution is -2.41. The van der Waals surface area contributed by atoms with Crippen molar-refractivity contribution in [3.63, 3.8) is 0 Å². The third kappa shape index (κ3) is 3.01. The van der Waals surface area contributed by atoms with Gasteiger partial charge >= 0.3 is 0 Å². The largest absolute Gasteiger partial charge is 0.389 e. The Kier molecular flexibility index (Phi) is 3.90. The zero-order valence-electron chi connectivity index (χ0n) is 11.7. The second kappa shape index (κ2) is 5.64. The van der Waals surface area contributed by atoms with Crippen molar-refractivity contribution < 1.29 is 5.11 Å². The van der Waals surface area contributed by atoms with Crippen LogP contribution in [0.25, 0.3) is 0 Å². The summed E-state index contributed by atoms with van der Waals surface area (Å²) in [5.41, 5.74) is 0.808. The maximum absolute atomic E-state index is 11.0. The van der Waals surface area contributed by atoms with E-state index in [1.54, 1.807) is 0 Å². The van der Waals surface area contributed by atoms with Crippen molar-refractivity contribution in [3.8, 4) is 0 Å². The molecule has 2 aliphatic rings. The highest BCUT2D eigenvalue weighted by molar-refractivity contribution is 5.18. The van der Waals surface area contributed by atoms with Crippen LogP contribution in [-0.2, 0) is 6.42 Å². The molecule has 1 heterocycles. The highest BCUT2D eigenvalue weighted by Gasteiger charge is 2.41. The van der Waals surface area contributed by atoms with E-state index in [-0.39, 0.29) is 0 Å². The molecule has 0 aromatic heterocycles. The summed E-state index contributed by atoms with van der Waals surface area (Å²) in [5.74, 6) is 0.464. The molecule has 1 saturated heterocycles. The minimum absolute atomic E-state index is 0.464. The molecule has 1 aliphatic heterocycles. The Labute approximate surface area is 116 Å². The smallest absolute Gasteiger partial charge is 0.0728 e. The predicted molar refractivity (Wildman–Crippen MR) is 78.1 cm³/mol. The molecule has 1 N–H and O–H groups in total. The molecule has 2 nitrogen and oxygen atoms in total. The Morgan fingerprint density at radius 2 is 1.84 bits per heavy atom. The first-order valence-corrected chi connectivity index (χ1v) is 7.75. The van der Waals surface area contributed by atoms with Crippen molar-refractivity contribution in [2.45, 2.75) is 44.1 Å². The molecule has 0 radical (unpaired) electrons. The van der Waals surface area contributed by atoms with E-state index in [1.165, 1.54) is 44.3 Å². The van der Waals surface area contributed by atoms with Gasteiger partial charge in [0.25, 0.3) is 0 Å². The van der Waals surface area contributed by atoms with Gasteiger partial charge in [-0.1, -0.05) is 36.8 Å².